The van der Waals surface area contributed by atoms with Gasteiger partial charge in [-0.1, -0.05) is 182 Å². The summed E-state index contributed by atoms with van der Waals surface area (Å²) in [5.74, 6) is 0. The highest BCUT2D eigenvalue weighted by Crippen LogP contribution is 2.43. The molecule has 1 heterocycles. The first-order chi connectivity index (χ1) is 29.8. The van der Waals surface area contributed by atoms with Crippen LogP contribution in [0.15, 0.2) is 243 Å². The summed E-state index contributed by atoms with van der Waals surface area (Å²) in [4.78, 5) is 2.38. The van der Waals surface area contributed by atoms with Crippen LogP contribution >= 0.6 is 0 Å². The van der Waals surface area contributed by atoms with E-state index in [0.717, 1.165) is 28.3 Å². The fourth-order valence-corrected chi connectivity index (χ4v) is 8.94. The molecule has 10 aromatic carbocycles. The van der Waals surface area contributed by atoms with E-state index in [4.69, 9.17) is 0 Å². The average Bonchev–Trinajstić information content (AvgIpc) is 3.67. The number of benzene rings is 10. The molecule has 0 saturated heterocycles. The molecule has 0 atom stereocenters. The van der Waals surface area contributed by atoms with Gasteiger partial charge in [-0.2, -0.15) is 0 Å². The predicted octanol–water partition coefficient (Wildman–Crippen LogP) is 16.1. The molecule has 0 fully saturated rings. The lowest BCUT2D eigenvalue weighted by molar-refractivity contribution is 1.18. The Bertz CT molecular complexity index is 3230. The Labute approximate surface area is 350 Å². The Morgan fingerprint density at radius 1 is 0.267 bits per heavy atom. The third-order valence-electron chi connectivity index (χ3n) is 11.8. The normalized spacial score (nSPS) is 11.3. The van der Waals surface area contributed by atoms with E-state index in [1.165, 1.54) is 71.5 Å². The van der Waals surface area contributed by atoms with Crippen LogP contribution in [0.1, 0.15) is 0 Å². The molecule has 282 valence electrons. The van der Waals surface area contributed by atoms with Crippen molar-refractivity contribution in [3.8, 4) is 50.2 Å². The maximum absolute atomic E-state index is 2.40. The van der Waals surface area contributed by atoms with Crippen molar-refractivity contribution in [2.45, 2.75) is 0 Å². The Hall–Kier alpha value is -7.94. The molecule has 0 aliphatic heterocycles. The van der Waals surface area contributed by atoms with Gasteiger partial charge in [0.2, 0.25) is 0 Å². The quantitative estimate of drug-likeness (QED) is 0.150. The lowest BCUT2D eigenvalue weighted by Crippen LogP contribution is -2.10. The Kier molecular flexibility index (Phi) is 8.87. The van der Waals surface area contributed by atoms with Crippen LogP contribution in [-0.2, 0) is 0 Å². The van der Waals surface area contributed by atoms with Gasteiger partial charge in [-0.15, -0.1) is 0 Å². The van der Waals surface area contributed by atoms with Crippen LogP contribution in [0.4, 0.5) is 17.1 Å². The smallest absolute Gasteiger partial charge is 0.0541 e. The third-order valence-corrected chi connectivity index (χ3v) is 11.8. The molecular formula is C58H40N2. The zero-order chi connectivity index (χ0) is 39.8. The number of rotatable bonds is 8. The van der Waals surface area contributed by atoms with Gasteiger partial charge in [0.25, 0.3) is 0 Å². The van der Waals surface area contributed by atoms with Crippen LogP contribution in [-0.4, -0.2) is 4.57 Å². The van der Waals surface area contributed by atoms with E-state index < -0.39 is 0 Å². The van der Waals surface area contributed by atoms with E-state index in [2.05, 4.69) is 252 Å². The lowest BCUT2D eigenvalue weighted by atomic mass is 9.93. The summed E-state index contributed by atoms with van der Waals surface area (Å²) in [5.41, 5.74) is 16.3. The monoisotopic (exact) mass is 764 g/mol. The second-order valence-corrected chi connectivity index (χ2v) is 15.3. The molecule has 0 aliphatic rings. The zero-order valence-corrected chi connectivity index (χ0v) is 33.0. The van der Waals surface area contributed by atoms with Gasteiger partial charge in [-0.05, 0) is 116 Å². The van der Waals surface area contributed by atoms with Crippen LogP contribution in [0.2, 0.25) is 0 Å². The van der Waals surface area contributed by atoms with Crippen molar-refractivity contribution >= 4 is 49.6 Å². The van der Waals surface area contributed by atoms with Crippen molar-refractivity contribution in [1.29, 1.82) is 0 Å². The van der Waals surface area contributed by atoms with Crippen LogP contribution < -0.4 is 4.90 Å². The van der Waals surface area contributed by atoms with E-state index >= 15 is 0 Å². The summed E-state index contributed by atoms with van der Waals surface area (Å²) in [7, 11) is 0. The maximum Gasteiger partial charge on any atom is 0.0541 e. The van der Waals surface area contributed by atoms with Gasteiger partial charge in [0.15, 0.2) is 0 Å². The van der Waals surface area contributed by atoms with Crippen LogP contribution in [0.5, 0.6) is 0 Å². The molecule has 60 heavy (non-hydrogen) atoms. The summed E-state index contributed by atoms with van der Waals surface area (Å²) < 4.78 is 2.40. The highest BCUT2D eigenvalue weighted by Gasteiger charge is 2.19. The molecule has 0 bridgehead atoms. The topological polar surface area (TPSA) is 8.17 Å². The molecule has 0 saturated carbocycles. The van der Waals surface area contributed by atoms with Gasteiger partial charge in [0, 0.05) is 33.5 Å². The number of para-hydroxylation sites is 2. The molecule has 0 unspecified atom stereocenters. The van der Waals surface area contributed by atoms with Crippen molar-refractivity contribution in [3.63, 3.8) is 0 Å². The highest BCUT2D eigenvalue weighted by molar-refractivity contribution is 6.09. The minimum atomic E-state index is 1.08. The highest BCUT2D eigenvalue weighted by atomic mass is 15.1. The van der Waals surface area contributed by atoms with Gasteiger partial charge in [-0.3, -0.25) is 0 Å². The largest absolute Gasteiger partial charge is 0.310 e. The fourth-order valence-electron chi connectivity index (χ4n) is 8.94. The molecule has 0 spiro atoms. The van der Waals surface area contributed by atoms with Gasteiger partial charge in [-0.25, -0.2) is 0 Å². The zero-order valence-electron chi connectivity index (χ0n) is 33.0. The fraction of sp³-hybridized carbons (Fsp3) is 0. The number of hydrogen-bond acceptors (Lipinski definition) is 1. The van der Waals surface area contributed by atoms with E-state index in [1.54, 1.807) is 0 Å². The number of hydrogen-bond donors (Lipinski definition) is 0. The summed E-state index contributed by atoms with van der Waals surface area (Å²) in [6.07, 6.45) is 0. The van der Waals surface area contributed by atoms with Crippen molar-refractivity contribution in [2.24, 2.45) is 0 Å². The Balaban J connectivity index is 1.06. The second kappa shape index (κ2) is 15.1. The molecule has 0 radical (unpaired) electrons. The Morgan fingerprint density at radius 2 is 0.750 bits per heavy atom. The van der Waals surface area contributed by atoms with Gasteiger partial charge in [0.05, 0.1) is 11.0 Å². The van der Waals surface area contributed by atoms with Gasteiger partial charge < -0.3 is 9.47 Å². The molecule has 0 N–H and O–H groups in total. The molecule has 11 aromatic rings. The first kappa shape index (κ1) is 35.2. The Morgan fingerprint density at radius 3 is 1.43 bits per heavy atom. The first-order valence-corrected chi connectivity index (χ1v) is 20.6. The van der Waals surface area contributed by atoms with Crippen molar-refractivity contribution in [2.75, 3.05) is 4.90 Å². The second-order valence-electron chi connectivity index (χ2n) is 15.3. The van der Waals surface area contributed by atoms with Crippen molar-refractivity contribution in [3.05, 3.63) is 243 Å². The maximum atomic E-state index is 2.40. The third kappa shape index (κ3) is 6.32. The van der Waals surface area contributed by atoms with E-state index in [9.17, 15) is 0 Å². The first-order valence-electron chi connectivity index (χ1n) is 20.6. The summed E-state index contributed by atoms with van der Waals surface area (Å²) in [6.45, 7) is 0. The van der Waals surface area contributed by atoms with E-state index in [0.29, 0.717) is 0 Å². The SMILES string of the molecule is c1ccc(-c2ccc(N(c3ccc(-c4cccc5ccccc45)cc3)c3ccc(-c4cccc(-n5c6ccccc6c6ccccc65)c4)c(-c4ccccc4)c3)cc2)cc1. The molecular weight excluding hydrogens is 725 g/mol. The predicted molar refractivity (Wildman–Crippen MR) is 255 cm³/mol. The van der Waals surface area contributed by atoms with Crippen LogP contribution in [0.3, 0.4) is 0 Å². The molecule has 0 aliphatic carbocycles. The summed E-state index contributed by atoms with van der Waals surface area (Å²) in [5, 5.41) is 5.02. The molecule has 0 amide bonds. The molecule has 2 heteroatoms. The number of fused-ring (bicyclic) bond motifs is 4. The summed E-state index contributed by atoms with van der Waals surface area (Å²) >= 11 is 0. The lowest BCUT2D eigenvalue weighted by Gasteiger charge is -2.27. The van der Waals surface area contributed by atoms with Crippen LogP contribution in [0, 0.1) is 0 Å². The number of nitrogens with zero attached hydrogens (tertiary/aromatic N) is 2. The summed E-state index contributed by atoms with van der Waals surface area (Å²) in [6, 6.07) is 87.9. The minimum Gasteiger partial charge on any atom is -0.310 e. The molecule has 2 nitrogen and oxygen atoms in total. The van der Waals surface area contributed by atoms with Gasteiger partial charge >= 0.3 is 0 Å². The number of anilines is 3. The van der Waals surface area contributed by atoms with Gasteiger partial charge in [0.1, 0.15) is 0 Å². The van der Waals surface area contributed by atoms with Crippen molar-refractivity contribution < 1.29 is 0 Å². The molecule has 1 aromatic heterocycles. The standard InChI is InChI=1S/C58H40N2/c1-3-15-41(16-4-1)42-29-33-47(34-30-42)59(48-35-31-45(32-36-48)52-26-14-20-43-19-7-8-23-51(43)52)50-37-38-53(56(40-50)44-17-5-2-6-18-44)46-21-13-22-49(39-46)60-57-27-11-9-24-54(57)55-25-10-12-28-58(55)60/h1-40H. The molecule has 11 rings (SSSR count). The van der Waals surface area contributed by atoms with Crippen molar-refractivity contribution in [1.82, 2.24) is 4.57 Å². The van der Waals surface area contributed by atoms with Crippen LogP contribution in [0.25, 0.3) is 82.8 Å². The van der Waals surface area contributed by atoms with E-state index in [1.807, 2.05) is 0 Å². The minimum absolute atomic E-state index is 1.08. The average molecular weight is 765 g/mol. The van der Waals surface area contributed by atoms with E-state index in [-0.39, 0.29) is 0 Å². The number of aromatic nitrogens is 1.